The van der Waals surface area contributed by atoms with Gasteiger partial charge in [0.15, 0.2) is 0 Å². The Labute approximate surface area is 115 Å². The summed E-state index contributed by atoms with van der Waals surface area (Å²) in [6.07, 6.45) is 2.59. The Balaban J connectivity index is 2.31. The van der Waals surface area contributed by atoms with Crippen molar-refractivity contribution in [3.8, 4) is 11.1 Å². The molecule has 20 heavy (non-hydrogen) atoms. The van der Waals surface area contributed by atoms with Crippen LogP contribution in [0.1, 0.15) is 15.9 Å². The minimum absolute atomic E-state index is 0.232. The van der Waals surface area contributed by atoms with Crippen LogP contribution in [0.5, 0.6) is 0 Å². The Hall–Kier alpha value is -2.88. The van der Waals surface area contributed by atoms with Crippen molar-refractivity contribution in [1.82, 2.24) is 0 Å². The van der Waals surface area contributed by atoms with Gasteiger partial charge in [-0.3, -0.25) is 0 Å². The van der Waals surface area contributed by atoms with E-state index in [1.807, 2.05) is 18.2 Å². The number of benzene rings is 2. The van der Waals surface area contributed by atoms with E-state index in [1.54, 1.807) is 18.2 Å². The first-order valence-corrected chi connectivity index (χ1v) is 5.91. The number of hydrogen-bond donors (Lipinski definition) is 2. The fraction of sp³-hybridized carbons (Fsp3) is 0. The summed E-state index contributed by atoms with van der Waals surface area (Å²) in [4.78, 5) is 21.3. The molecule has 0 aliphatic carbocycles. The predicted octanol–water partition coefficient (Wildman–Crippen LogP) is 3.15. The molecule has 2 N–H and O–H groups in total. The predicted molar refractivity (Wildman–Crippen MR) is 75.5 cm³/mol. The van der Waals surface area contributed by atoms with Crippen LogP contribution in [0, 0.1) is 0 Å². The van der Waals surface area contributed by atoms with E-state index >= 15 is 0 Å². The first kappa shape index (κ1) is 13.5. The lowest BCUT2D eigenvalue weighted by atomic mass is 10.0. The maximum absolute atomic E-state index is 10.8. The molecule has 0 atom stereocenters. The lowest BCUT2D eigenvalue weighted by Gasteiger charge is -2.03. The Bertz CT molecular complexity index is 669. The molecule has 4 heteroatoms. The van der Waals surface area contributed by atoms with E-state index < -0.39 is 11.9 Å². The summed E-state index contributed by atoms with van der Waals surface area (Å²) in [6, 6.07) is 13.9. The fourth-order valence-electron chi connectivity index (χ4n) is 1.79. The minimum Gasteiger partial charge on any atom is -0.478 e. The largest absolute Gasteiger partial charge is 0.478 e. The van der Waals surface area contributed by atoms with Crippen LogP contribution in [-0.4, -0.2) is 22.2 Å². The summed E-state index contributed by atoms with van der Waals surface area (Å²) < 4.78 is 0. The molecule has 0 radical (unpaired) electrons. The highest BCUT2D eigenvalue weighted by molar-refractivity contribution is 5.88. The van der Waals surface area contributed by atoms with Gasteiger partial charge in [0.25, 0.3) is 0 Å². The zero-order valence-electron chi connectivity index (χ0n) is 10.5. The van der Waals surface area contributed by atoms with Crippen LogP contribution >= 0.6 is 0 Å². The molecule has 0 unspecified atom stereocenters. The molecule has 2 aromatic rings. The third-order valence-corrected chi connectivity index (χ3v) is 2.77. The van der Waals surface area contributed by atoms with Gasteiger partial charge in [-0.2, -0.15) is 0 Å². The lowest BCUT2D eigenvalue weighted by Crippen LogP contribution is -1.94. The molecule has 2 aromatic carbocycles. The van der Waals surface area contributed by atoms with Crippen molar-refractivity contribution in [2.24, 2.45) is 0 Å². The van der Waals surface area contributed by atoms with Crippen LogP contribution in [0.2, 0.25) is 0 Å². The molecule has 0 aliphatic heterocycles. The van der Waals surface area contributed by atoms with Crippen LogP contribution in [-0.2, 0) is 4.79 Å². The number of carboxylic acid groups (broad SMARTS) is 2. The second-order valence-electron chi connectivity index (χ2n) is 4.18. The molecule has 0 amide bonds. The number of hydrogen-bond acceptors (Lipinski definition) is 2. The third-order valence-electron chi connectivity index (χ3n) is 2.77. The Morgan fingerprint density at radius 1 is 0.900 bits per heavy atom. The summed E-state index contributed by atoms with van der Waals surface area (Å²) in [5.41, 5.74) is 2.78. The molecule has 0 heterocycles. The molecular formula is C16H12O4. The summed E-state index contributed by atoms with van der Waals surface area (Å²) in [6.45, 7) is 0. The van der Waals surface area contributed by atoms with Gasteiger partial charge < -0.3 is 10.2 Å². The molecule has 100 valence electrons. The highest BCUT2D eigenvalue weighted by Crippen LogP contribution is 2.21. The van der Waals surface area contributed by atoms with Gasteiger partial charge in [0, 0.05) is 6.08 Å². The van der Waals surface area contributed by atoms with E-state index in [9.17, 15) is 9.59 Å². The van der Waals surface area contributed by atoms with Crippen LogP contribution in [0.3, 0.4) is 0 Å². The van der Waals surface area contributed by atoms with E-state index in [0.717, 1.165) is 22.8 Å². The zero-order chi connectivity index (χ0) is 14.5. The monoisotopic (exact) mass is 268 g/mol. The van der Waals surface area contributed by atoms with Crippen LogP contribution < -0.4 is 0 Å². The number of carbonyl (C=O) groups is 2. The van der Waals surface area contributed by atoms with Gasteiger partial charge >= 0.3 is 11.9 Å². The standard InChI is InChI=1S/C16H12O4/c17-15(18)9-4-11-2-1-3-14(10-11)12-5-7-13(8-6-12)16(19)20/h1-10H,(H,17,18)(H,19,20)/b9-4+. The maximum Gasteiger partial charge on any atom is 0.335 e. The first-order chi connectivity index (χ1) is 9.56. The van der Waals surface area contributed by atoms with Gasteiger partial charge in [0.2, 0.25) is 0 Å². The molecule has 0 aromatic heterocycles. The third kappa shape index (κ3) is 3.32. The quantitative estimate of drug-likeness (QED) is 0.835. The fourth-order valence-corrected chi connectivity index (χ4v) is 1.79. The van der Waals surface area contributed by atoms with Gasteiger partial charge in [-0.05, 0) is 41.0 Å². The van der Waals surface area contributed by atoms with E-state index in [0.29, 0.717) is 0 Å². The molecule has 2 rings (SSSR count). The van der Waals surface area contributed by atoms with E-state index in [4.69, 9.17) is 10.2 Å². The molecule has 0 saturated carbocycles. The lowest BCUT2D eigenvalue weighted by molar-refractivity contribution is -0.131. The number of rotatable bonds is 4. The van der Waals surface area contributed by atoms with Crippen LogP contribution in [0.4, 0.5) is 0 Å². The van der Waals surface area contributed by atoms with Gasteiger partial charge in [-0.25, -0.2) is 9.59 Å². The second-order valence-corrected chi connectivity index (χ2v) is 4.18. The van der Waals surface area contributed by atoms with Crippen LogP contribution in [0.25, 0.3) is 17.2 Å². The summed E-state index contributed by atoms with van der Waals surface area (Å²) in [5, 5.41) is 17.4. The van der Waals surface area contributed by atoms with Crippen molar-refractivity contribution in [1.29, 1.82) is 0 Å². The zero-order valence-corrected chi connectivity index (χ0v) is 10.5. The van der Waals surface area contributed by atoms with Gasteiger partial charge in [-0.15, -0.1) is 0 Å². The van der Waals surface area contributed by atoms with Gasteiger partial charge in [0.05, 0.1) is 5.56 Å². The first-order valence-electron chi connectivity index (χ1n) is 5.91. The SMILES string of the molecule is O=C(O)/C=C/c1cccc(-c2ccc(C(=O)O)cc2)c1. The van der Waals surface area contributed by atoms with Crippen molar-refractivity contribution < 1.29 is 19.8 Å². The van der Waals surface area contributed by atoms with Crippen LogP contribution in [0.15, 0.2) is 54.6 Å². The number of aliphatic carboxylic acids is 1. The molecule has 0 fully saturated rings. The van der Waals surface area contributed by atoms with E-state index in [-0.39, 0.29) is 5.56 Å². The van der Waals surface area contributed by atoms with E-state index in [2.05, 4.69) is 0 Å². The summed E-state index contributed by atoms with van der Waals surface area (Å²) in [7, 11) is 0. The minimum atomic E-state index is -0.999. The highest BCUT2D eigenvalue weighted by Gasteiger charge is 2.03. The summed E-state index contributed by atoms with van der Waals surface area (Å²) in [5.74, 6) is -1.96. The molecule has 0 saturated heterocycles. The Kier molecular flexibility index (Phi) is 3.96. The number of aromatic carboxylic acids is 1. The average Bonchev–Trinajstić information content (AvgIpc) is 2.45. The Morgan fingerprint density at radius 3 is 2.20 bits per heavy atom. The molecule has 0 spiro atoms. The highest BCUT2D eigenvalue weighted by atomic mass is 16.4. The molecule has 4 nitrogen and oxygen atoms in total. The van der Waals surface area contributed by atoms with Crippen molar-refractivity contribution in [3.05, 3.63) is 65.7 Å². The van der Waals surface area contributed by atoms with Crippen molar-refractivity contribution in [2.75, 3.05) is 0 Å². The van der Waals surface area contributed by atoms with Gasteiger partial charge in [-0.1, -0.05) is 30.3 Å². The molecular weight excluding hydrogens is 256 g/mol. The average molecular weight is 268 g/mol. The molecule has 0 bridgehead atoms. The van der Waals surface area contributed by atoms with Crippen molar-refractivity contribution >= 4 is 18.0 Å². The number of carboxylic acids is 2. The molecule has 0 aliphatic rings. The van der Waals surface area contributed by atoms with Gasteiger partial charge in [0.1, 0.15) is 0 Å². The smallest absolute Gasteiger partial charge is 0.335 e. The van der Waals surface area contributed by atoms with Crippen molar-refractivity contribution in [3.63, 3.8) is 0 Å². The normalized spacial score (nSPS) is 10.6. The second kappa shape index (κ2) is 5.84. The summed E-state index contributed by atoms with van der Waals surface area (Å²) >= 11 is 0. The van der Waals surface area contributed by atoms with Crippen molar-refractivity contribution in [2.45, 2.75) is 0 Å². The topological polar surface area (TPSA) is 74.6 Å². The Morgan fingerprint density at radius 2 is 1.60 bits per heavy atom. The maximum atomic E-state index is 10.8. The van der Waals surface area contributed by atoms with E-state index in [1.165, 1.54) is 18.2 Å².